The molecule has 0 spiro atoms. The normalized spacial score (nSPS) is 13.5. The van der Waals surface area contributed by atoms with E-state index in [4.69, 9.17) is 18.9 Å². The fraction of sp³-hybridized carbons (Fsp3) is 0.389. The molecule has 0 saturated heterocycles. The maximum atomic E-state index is 13.2. The number of nitrogens with one attached hydrogen (secondary N) is 2. The predicted octanol–water partition coefficient (Wildman–Crippen LogP) is 6.12. The van der Waals surface area contributed by atoms with Crippen LogP contribution < -0.4 is 10.6 Å². The number of fused-ring (bicyclic) bond motifs is 3. The molecule has 0 radical (unpaired) electrons. The molecule has 0 bridgehead atoms. The summed E-state index contributed by atoms with van der Waals surface area (Å²) in [6.45, 7) is 8.34. The van der Waals surface area contributed by atoms with E-state index in [1.807, 2.05) is 68.4 Å². The van der Waals surface area contributed by atoms with E-state index in [0.717, 1.165) is 27.8 Å². The Morgan fingerprint density at radius 1 is 0.696 bits per heavy atom. The molecule has 2 atom stereocenters. The van der Waals surface area contributed by atoms with Crippen LogP contribution in [0.2, 0.25) is 0 Å². The van der Waals surface area contributed by atoms with Gasteiger partial charge >= 0.3 is 24.1 Å². The van der Waals surface area contributed by atoms with E-state index in [9.17, 15) is 19.2 Å². The fourth-order valence-corrected chi connectivity index (χ4v) is 5.18. The van der Waals surface area contributed by atoms with E-state index in [1.165, 1.54) is 0 Å². The van der Waals surface area contributed by atoms with E-state index in [-0.39, 0.29) is 31.5 Å². The summed E-state index contributed by atoms with van der Waals surface area (Å²) < 4.78 is 21.8. The minimum atomic E-state index is -1.35. The second-order valence-corrected chi connectivity index (χ2v) is 12.6. The van der Waals surface area contributed by atoms with Gasteiger partial charge < -0.3 is 29.6 Å². The number of hydrogen-bond acceptors (Lipinski definition) is 8. The van der Waals surface area contributed by atoms with E-state index >= 15 is 0 Å². The van der Waals surface area contributed by atoms with Crippen LogP contribution in [-0.4, -0.2) is 55.0 Å². The van der Waals surface area contributed by atoms with Crippen LogP contribution in [0.4, 0.5) is 9.59 Å². The second-order valence-electron chi connectivity index (χ2n) is 12.6. The summed E-state index contributed by atoms with van der Waals surface area (Å²) in [6, 6.07) is 22.6. The molecule has 10 nitrogen and oxygen atoms in total. The van der Waals surface area contributed by atoms with Gasteiger partial charge in [0.15, 0.2) is 6.04 Å². The van der Waals surface area contributed by atoms with Crippen molar-refractivity contribution in [3.63, 3.8) is 0 Å². The second kappa shape index (κ2) is 15.4. The van der Waals surface area contributed by atoms with Crippen molar-refractivity contribution in [2.75, 3.05) is 13.2 Å². The van der Waals surface area contributed by atoms with Gasteiger partial charge in [0.2, 0.25) is 0 Å². The highest BCUT2D eigenvalue weighted by atomic mass is 16.6. The van der Waals surface area contributed by atoms with Gasteiger partial charge in [0.05, 0.1) is 0 Å². The topological polar surface area (TPSA) is 129 Å². The van der Waals surface area contributed by atoms with Gasteiger partial charge in [-0.15, -0.1) is 0 Å². The molecule has 0 aromatic heterocycles. The lowest BCUT2D eigenvalue weighted by molar-refractivity contribution is -0.154. The minimum Gasteiger partial charge on any atom is -0.461 e. The highest BCUT2D eigenvalue weighted by Crippen LogP contribution is 2.44. The third-order valence-electron chi connectivity index (χ3n) is 7.22. The minimum absolute atomic E-state index is 0.0120. The van der Waals surface area contributed by atoms with Crippen LogP contribution in [0.15, 0.2) is 78.9 Å². The molecule has 0 aliphatic heterocycles. The average Bonchev–Trinajstić information content (AvgIpc) is 3.33. The van der Waals surface area contributed by atoms with Crippen molar-refractivity contribution in [1.29, 1.82) is 0 Å². The van der Waals surface area contributed by atoms with E-state index < -0.39 is 48.4 Å². The third kappa shape index (κ3) is 9.57. The monoisotopic (exact) mass is 630 g/mol. The molecule has 4 rings (SSSR count). The molecule has 0 saturated carbocycles. The van der Waals surface area contributed by atoms with Crippen LogP contribution in [0.3, 0.4) is 0 Å². The van der Waals surface area contributed by atoms with Crippen LogP contribution in [0.5, 0.6) is 0 Å². The Balaban J connectivity index is 1.38. The number of carbonyl (C=O) groups excluding carboxylic acids is 4. The number of esters is 2. The highest BCUT2D eigenvalue weighted by Gasteiger charge is 2.32. The van der Waals surface area contributed by atoms with Crippen molar-refractivity contribution in [3.8, 4) is 11.1 Å². The molecule has 0 fully saturated rings. The van der Waals surface area contributed by atoms with Gasteiger partial charge in [-0.25, -0.2) is 19.2 Å². The molecule has 0 heterocycles. The summed E-state index contributed by atoms with van der Waals surface area (Å²) in [5.41, 5.74) is 4.26. The quantitative estimate of drug-likeness (QED) is 0.181. The van der Waals surface area contributed by atoms with Gasteiger partial charge in [-0.05, 0) is 60.9 Å². The Hall–Kier alpha value is -4.86. The first-order valence-corrected chi connectivity index (χ1v) is 15.4. The van der Waals surface area contributed by atoms with Gasteiger partial charge in [-0.2, -0.15) is 0 Å². The predicted molar refractivity (Wildman–Crippen MR) is 172 cm³/mol. The number of benzene rings is 3. The molecule has 10 heteroatoms. The van der Waals surface area contributed by atoms with Gasteiger partial charge in [0.1, 0.15) is 31.5 Å². The number of ether oxygens (including phenoxy) is 4. The summed E-state index contributed by atoms with van der Waals surface area (Å²) in [6.07, 6.45) is -1.39. The summed E-state index contributed by atoms with van der Waals surface area (Å²) in [7, 11) is 0. The smallest absolute Gasteiger partial charge is 0.408 e. The number of amides is 2. The summed E-state index contributed by atoms with van der Waals surface area (Å²) in [4.78, 5) is 51.7. The zero-order valence-electron chi connectivity index (χ0n) is 26.9. The molecule has 3 aromatic rings. The highest BCUT2D eigenvalue weighted by molar-refractivity contribution is 5.84. The van der Waals surface area contributed by atoms with Crippen molar-refractivity contribution in [2.45, 2.75) is 71.2 Å². The standard InChI is InChI=1S/C36H42N2O8/c1-23(2)19-30(37-34(41)45-21-29-27-17-11-9-15-25(27)26-16-10-12-18-28(26)29)32(39)44-22-31(38-35(42)46-36(3,4)5)33(40)43-20-24-13-7-6-8-14-24/h6-18,23,29-31H,19-22H2,1-5H3,(H,37,41)(H,38,42)/t30-,31+/m1/s1. The molecule has 2 N–H and O–H groups in total. The molecule has 2 amide bonds. The van der Waals surface area contributed by atoms with Gasteiger partial charge in [0.25, 0.3) is 0 Å². The first kappa shape index (κ1) is 34.0. The summed E-state index contributed by atoms with van der Waals surface area (Å²) >= 11 is 0. The summed E-state index contributed by atoms with van der Waals surface area (Å²) in [5.74, 6) is -1.73. The number of alkyl carbamates (subject to hydrolysis) is 2. The van der Waals surface area contributed by atoms with Crippen molar-refractivity contribution < 1.29 is 38.1 Å². The largest absolute Gasteiger partial charge is 0.461 e. The summed E-state index contributed by atoms with van der Waals surface area (Å²) in [5, 5.41) is 5.06. The maximum Gasteiger partial charge on any atom is 0.408 e. The SMILES string of the molecule is CC(C)C[C@@H](NC(=O)OCC1c2ccccc2-c2ccccc21)C(=O)OC[C@H](NC(=O)OC(C)(C)C)C(=O)OCc1ccccc1. The fourth-order valence-electron chi connectivity index (χ4n) is 5.18. The first-order chi connectivity index (χ1) is 21.9. The van der Waals surface area contributed by atoms with Crippen molar-refractivity contribution >= 4 is 24.1 Å². The molecular formula is C36H42N2O8. The third-order valence-corrected chi connectivity index (χ3v) is 7.22. The zero-order valence-corrected chi connectivity index (χ0v) is 26.9. The van der Waals surface area contributed by atoms with Crippen LogP contribution >= 0.6 is 0 Å². The van der Waals surface area contributed by atoms with Crippen LogP contribution in [-0.2, 0) is 35.1 Å². The van der Waals surface area contributed by atoms with Gasteiger partial charge in [-0.3, -0.25) is 0 Å². The average molecular weight is 631 g/mol. The molecule has 1 aliphatic carbocycles. The Kier molecular flexibility index (Phi) is 11.4. The van der Waals surface area contributed by atoms with Crippen molar-refractivity contribution in [1.82, 2.24) is 10.6 Å². The lowest BCUT2D eigenvalue weighted by Crippen LogP contribution is -2.49. The van der Waals surface area contributed by atoms with Crippen molar-refractivity contribution in [2.24, 2.45) is 5.92 Å². The molecule has 244 valence electrons. The molecule has 1 aliphatic rings. The molecule has 3 aromatic carbocycles. The maximum absolute atomic E-state index is 13.2. The van der Waals surface area contributed by atoms with E-state index in [1.54, 1.807) is 45.0 Å². The Morgan fingerprint density at radius 2 is 1.24 bits per heavy atom. The Labute approximate surface area is 269 Å². The van der Waals surface area contributed by atoms with Gasteiger partial charge in [-0.1, -0.05) is 92.7 Å². The lowest BCUT2D eigenvalue weighted by atomic mass is 9.98. The first-order valence-electron chi connectivity index (χ1n) is 15.4. The Morgan fingerprint density at radius 3 is 1.83 bits per heavy atom. The number of carbonyl (C=O) groups is 4. The van der Waals surface area contributed by atoms with Crippen LogP contribution in [0, 0.1) is 5.92 Å². The number of hydrogen-bond donors (Lipinski definition) is 2. The molecule has 0 unspecified atom stereocenters. The molecular weight excluding hydrogens is 588 g/mol. The Bertz CT molecular complexity index is 1470. The lowest BCUT2D eigenvalue weighted by Gasteiger charge is -2.24. The number of rotatable bonds is 12. The van der Waals surface area contributed by atoms with Gasteiger partial charge in [0, 0.05) is 5.92 Å². The van der Waals surface area contributed by atoms with Crippen LogP contribution in [0.1, 0.15) is 63.6 Å². The van der Waals surface area contributed by atoms with Crippen molar-refractivity contribution in [3.05, 3.63) is 95.6 Å². The van der Waals surface area contributed by atoms with Crippen LogP contribution in [0.25, 0.3) is 11.1 Å². The van der Waals surface area contributed by atoms with E-state index in [2.05, 4.69) is 10.6 Å². The molecule has 46 heavy (non-hydrogen) atoms. The zero-order chi connectivity index (χ0) is 33.3. The van der Waals surface area contributed by atoms with E-state index in [0.29, 0.717) is 0 Å².